The lowest BCUT2D eigenvalue weighted by Gasteiger charge is -2.10. The van der Waals surface area contributed by atoms with Crippen LogP contribution in [0.15, 0.2) is 0 Å². The monoisotopic (exact) mass is 147 g/mol. The van der Waals surface area contributed by atoms with Crippen LogP contribution in [0, 0.1) is 0 Å². The molecule has 0 spiro atoms. The van der Waals surface area contributed by atoms with E-state index in [2.05, 4.69) is 5.32 Å². The van der Waals surface area contributed by atoms with Crippen molar-refractivity contribution in [3.05, 3.63) is 0 Å². The standard InChI is InChI=1S/C6H13NO3/c1-2-7-4(3-8)5-6(9)10-5/h4-9H,2-3H2,1H3/t4-,5?,6?/m0/s1. The minimum absolute atomic E-state index is 0.00949. The molecule has 0 aromatic carbocycles. The number of rotatable bonds is 4. The Balaban J connectivity index is 2.20. The summed E-state index contributed by atoms with van der Waals surface area (Å²) in [7, 11) is 0. The third-order valence-corrected chi connectivity index (χ3v) is 1.56. The maximum absolute atomic E-state index is 8.78. The Morgan fingerprint density at radius 3 is 2.60 bits per heavy atom. The van der Waals surface area contributed by atoms with E-state index in [0.29, 0.717) is 0 Å². The lowest BCUT2D eigenvalue weighted by molar-refractivity contribution is 0.155. The summed E-state index contributed by atoms with van der Waals surface area (Å²) in [6.45, 7) is 2.73. The van der Waals surface area contributed by atoms with Crippen molar-refractivity contribution < 1.29 is 14.9 Å². The van der Waals surface area contributed by atoms with Gasteiger partial charge in [0.2, 0.25) is 0 Å². The fourth-order valence-corrected chi connectivity index (χ4v) is 0.956. The Labute approximate surface area is 59.8 Å². The SMILES string of the molecule is CCN[C@@H](CO)C1OC1O. The average Bonchev–Trinajstić information content (AvgIpc) is 2.62. The van der Waals surface area contributed by atoms with Crippen LogP contribution in [-0.2, 0) is 4.74 Å². The second-order valence-corrected chi connectivity index (χ2v) is 2.34. The molecular weight excluding hydrogens is 134 g/mol. The first-order valence-electron chi connectivity index (χ1n) is 3.47. The van der Waals surface area contributed by atoms with Crippen molar-refractivity contribution in [2.45, 2.75) is 25.4 Å². The highest BCUT2D eigenvalue weighted by molar-refractivity contribution is 4.87. The minimum Gasteiger partial charge on any atom is -0.395 e. The van der Waals surface area contributed by atoms with Crippen LogP contribution in [0.25, 0.3) is 0 Å². The number of aliphatic hydroxyl groups excluding tert-OH is 2. The molecule has 1 aliphatic heterocycles. The van der Waals surface area contributed by atoms with Crippen LogP contribution in [0.3, 0.4) is 0 Å². The fourth-order valence-electron chi connectivity index (χ4n) is 0.956. The van der Waals surface area contributed by atoms with E-state index >= 15 is 0 Å². The maximum Gasteiger partial charge on any atom is 0.183 e. The molecule has 0 saturated carbocycles. The van der Waals surface area contributed by atoms with Crippen molar-refractivity contribution in [3.8, 4) is 0 Å². The fraction of sp³-hybridized carbons (Fsp3) is 1.00. The molecular formula is C6H13NO3. The van der Waals surface area contributed by atoms with Gasteiger partial charge >= 0.3 is 0 Å². The Kier molecular flexibility index (Phi) is 2.62. The van der Waals surface area contributed by atoms with E-state index in [-0.39, 0.29) is 18.8 Å². The molecule has 0 aliphatic carbocycles. The zero-order valence-electron chi connectivity index (χ0n) is 5.95. The van der Waals surface area contributed by atoms with Crippen LogP contribution in [0.1, 0.15) is 6.92 Å². The van der Waals surface area contributed by atoms with Gasteiger partial charge in [-0.05, 0) is 6.54 Å². The summed E-state index contributed by atoms with van der Waals surface area (Å²) in [6.07, 6.45) is -0.874. The first-order chi connectivity index (χ1) is 4.79. The number of likely N-dealkylation sites (N-methyl/N-ethyl adjacent to an activating group) is 1. The molecule has 10 heavy (non-hydrogen) atoms. The van der Waals surface area contributed by atoms with Crippen LogP contribution in [0.4, 0.5) is 0 Å². The van der Waals surface area contributed by atoms with Crippen LogP contribution in [-0.4, -0.2) is 41.8 Å². The van der Waals surface area contributed by atoms with Crippen molar-refractivity contribution in [2.24, 2.45) is 0 Å². The molecule has 1 fully saturated rings. The Morgan fingerprint density at radius 2 is 2.30 bits per heavy atom. The zero-order valence-corrected chi connectivity index (χ0v) is 5.95. The van der Waals surface area contributed by atoms with Gasteiger partial charge in [-0.1, -0.05) is 6.92 Å². The minimum atomic E-state index is -0.670. The van der Waals surface area contributed by atoms with Crippen molar-refractivity contribution >= 4 is 0 Å². The third kappa shape index (κ3) is 1.67. The summed E-state index contributed by atoms with van der Waals surface area (Å²) in [5, 5.41) is 20.5. The van der Waals surface area contributed by atoms with E-state index in [1.807, 2.05) is 6.92 Å². The van der Waals surface area contributed by atoms with Crippen LogP contribution < -0.4 is 5.32 Å². The molecule has 1 rings (SSSR count). The zero-order chi connectivity index (χ0) is 7.56. The van der Waals surface area contributed by atoms with Gasteiger partial charge in [0, 0.05) is 0 Å². The number of hydrogen-bond donors (Lipinski definition) is 3. The highest BCUT2D eigenvalue weighted by Crippen LogP contribution is 2.21. The van der Waals surface area contributed by atoms with Gasteiger partial charge in [0.15, 0.2) is 6.29 Å². The third-order valence-electron chi connectivity index (χ3n) is 1.56. The molecule has 1 aliphatic rings. The molecule has 0 bridgehead atoms. The van der Waals surface area contributed by atoms with Crippen molar-refractivity contribution in [2.75, 3.05) is 13.2 Å². The predicted molar refractivity (Wildman–Crippen MR) is 35.4 cm³/mol. The number of aliphatic hydroxyl groups is 2. The van der Waals surface area contributed by atoms with Gasteiger partial charge in [-0.3, -0.25) is 0 Å². The summed E-state index contributed by atoms with van der Waals surface area (Å²) in [5.41, 5.74) is 0. The van der Waals surface area contributed by atoms with Crippen molar-refractivity contribution in [1.29, 1.82) is 0 Å². The van der Waals surface area contributed by atoms with Gasteiger partial charge < -0.3 is 20.3 Å². The largest absolute Gasteiger partial charge is 0.395 e. The Morgan fingerprint density at radius 1 is 1.70 bits per heavy atom. The summed E-state index contributed by atoms with van der Waals surface area (Å²) < 4.78 is 4.76. The lowest BCUT2D eigenvalue weighted by atomic mass is 10.2. The van der Waals surface area contributed by atoms with E-state index in [0.717, 1.165) is 6.54 Å². The van der Waals surface area contributed by atoms with Gasteiger partial charge in [-0.15, -0.1) is 0 Å². The number of ether oxygens (including phenoxy) is 1. The summed E-state index contributed by atoms with van der Waals surface area (Å²) in [5.74, 6) is 0. The van der Waals surface area contributed by atoms with Crippen LogP contribution in [0.5, 0.6) is 0 Å². The smallest absolute Gasteiger partial charge is 0.183 e. The highest BCUT2D eigenvalue weighted by Gasteiger charge is 2.42. The quantitative estimate of drug-likeness (QED) is 0.431. The van der Waals surface area contributed by atoms with E-state index in [1.165, 1.54) is 0 Å². The maximum atomic E-state index is 8.78. The van der Waals surface area contributed by atoms with E-state index in [4.69, 9.17) is 14.9 Å². The molecule has 0 radical (unpaired) electrons. The van der Waals surface area contributed by atoms with Crippen LogP contribution >= 0.6 is 0 Å². The Hall–Kier alpha value is -0.160. The van der Waals surface area contributed by atoms with Gasteiger partial charge in [0.1, 0.15) is 6.10 Å². The molecule has 60 valence electrons. The highest BCUT2D eigenvalue weighted by atomic mass is 16.7. The molecule has 0 aromatic rings. The normalized spacial score (nSPS) is 33.9. The molecule has 0 aromatic heterocycles. The van der Waals surface area contributed by atoms with E-state index in [9.17, 15) is 0 Å². The van der Waals surface area contributed by atoms with Gasteiger partial charge in [-0.2, -0.15) is 0 Å². The van der Waals surface area contributed by atoms with Crippen molar-refractivity contribution in [3.63, 3.8) is 0 Å². The number of epoxide rings is 1. The topological polar surface area (TPSA) is 65.0 Å². The Bertz CT molecular complexity index is 109. The lowest BCUT2D eigenvalue weighted by Crippen LogP contribution is -2.38. The second-order valence-electron chi connectivity index (χ2n) is 2.34. The van der Waals surface area contributed by atoms with Crippen LogP contribution in [0.2, 0.25) is 0 Å². The second kappa shape index (κ2) is 3.30. The van der Waals surface area contributed by atoms with Gasteiger partial charge in [0.25, 0.3) is 0 Å². The molecule has 3 N–H and O–H groups in total. The van der Waals surface area contributed by atoms with Gasteiger partial charge in [0.05, 0.1) is 12.6 Å². The first kappa shape index (κ1) is 7.94. The average molecular weight is 147 g/mol. The molecule has 2 unspecified atom stereocenters. The molecule has 1 heterocycles. The molecule has 4 nitrogen and oxygen atoms in total. The first-order valence-corrected chi connectivity index (χ1v) is 3.47. The molecule has 3 atom stereocenters. The number of nitrogens with one attached hydrogen (secondary N) is 1. The van der Waals surface area contributed by atoms with Gasteiger partial charge in [-0.25, -0.2) is 0 Å². The van der Waals surface area contributed by atoms with E-state index < -0.39 is 6.29 Å². The predicted octanol–water partition coefficient (Wildman–Crippen LogP) is -1.33. The van der Waals surface area contributed by atoms with E-state index in [1.54, 1.807) is 0 Å². The van der Waals surface area contributed by atoms with Crippen molar-refractivity contribution in [1.82, 2.24) is 5.32 Å². The molecule has 0 amide bonds. The summed E-state index contributed by atoms with van der Waals surface area (Å²) in [4.78, 5) is 0. The number of hydrogen-bond acceptors (Lipinski definition) is 4. The molecule has 1 saturated heterocycles. The summed E-state index contributed by atoms with van der Waals surface area (Å²) >= 11 is 0. The molecule has 4 heteroatoms. The summed E-state index contributed by atoms with van der Waals surface area (Å²) in [6, 6.07) is -0.111.